The van der Waals surface area contributed by atoms with E-state index >= 15 is 0 Å². The SMILES string of the molecule is CC(C)COC(=O)N1CCN(c2ccnc3cc(Br)cnc23)CC1. The number of fused-ring (bicyclic) bond motifs is 1. The van der Waals surface area contributed by atoms with Crippen LogP contribution in [0.4, 0.5) is 10.5 Å². The van der Waals surface area contributed by atoms with Gasteiger partial charge in [-0.05, 0) is 34.0 Å². The van der Waals surface area contributed by atoms with Gasteiger partial charge in [0, 0.05) is 43.0 Å². The number of pyridine rings is 2. The van der Waals surface area contributed by atoms with Gasteiger partial charge in [-0.25, -0.2) is 4.79 Å². The predicted molar refractivity (Wildman–Crippen MR) is 97.2 cm³/mol. The first-order valence-corrected chi connectivity index (χ1v) is 8.91. The van der Waals surface area contributed by atoms with Gasteiger partial charge in [-0.3, -0.25) is 9.97 Å². The van der Waals surface area contributed by atoms with Crippen molar-refractivity contribution in [2.75, 3.05) is 37.7 Å². The molecule has 6 nitrogen and oxygen atoms in total. The number of hydrogen-bond acceptors (Lipinski definition) is 5. The van der Waals surface area contributed by atoms with Crippen LogP contribution < -0.4 is 4.90 Å². The summed E-state index contributed by atoms with van der Waals surface area (Å²) in [6.45, 7) is 7.35. The van der Waals surface area contributed by atoms with E-state index in [4.69, 9.17) is 4.74 Å². The van der Waals surface area contributed by atoms with Gasteiger partial charge in [0.15, 0.2) is 0 Å². The van der Waals surface area contributed by atoms with Gasteiger partial charge in [0.05, 0.1) is 17.8 Å². The number of carbonyl (C=O) groups excluding carboxylic acids is 1. The van der Waals surface area contributed by atoms with Crippen LogP contribution in [0.5, 0.6) is 0 Å². The highest BCUT2D eigenvalue weighted by Crippen LogP contribution is 2.26. The molecule has 0 aliphatic carbocycles. The highest BCUT2D eigenvalue weighted by atomic mass is 79.9. The van der Waals surface area contributed by atoms with Crippen molar-refractivity contribution >= 4 is 38.7 Å². The number of nitrogens with zero attached hydrogens (tertiary/aromatic N) is 4. The third-order valence-electron chi connectivity index (χ3n) is 3.94. The van der Waals surface area contributed by atoms with Crippen LogP contribution in [0.15, 0.2) is 29.0 Å². The lowest BCUT2D eigenvalue weighted by Crippen LogP contribution is -2.49. The molecule has 1 fully saturated rings. The minimum atomic E-state index is -0.218. The van der Waals surface area contributed by atoms with Crippen LogP contribution in [0.1, 0.15) is 13.8 Å². The normalized spacial score (nSPS) is 15.2. The highest BCUT2D eigenvalue weighted by molar-refractivity contribution is 9.10. The van der Waals surface area contributed by atoms with Gasteiger partial charge >= 0.3 is 6.09 Å². The molecule has 0 N–H and O–H groups in total. The lowest BCUT2D eigenvalue weighted by atomic mass is 10.2. The van der Waals surface area contributed by atoms with Gasteiger partial charge in [-0.15, -0.1) is 0 Å². The molecule has 1 aliphatic heterocycles. The van der Waals surface area contributed by atoms with E-state index in [1.807, 2.05) is 26.0 Å². The molecule has 0 spiro atoms. The molecular formula is C17H21BrN4O2. The quantitative estimate of drug-likeness (QED) is 0.801. The zero-order valence-corrected chi connectivity index (χ0v) is 15.5. The van der Waals surface area contributed by atoms with E-state index in [0.29, 0.717) is 25.6 Å². The Bertz CT molecular complexity index is 730. The van der Waals surface area contributed by atoms with Crippen molar-refractivity contribution in [1.82, 2.24) is 14.9 Å². The van der Waals surface area contributed by atoms with Crippen molar-refractivity contribution in [2.24, 2.45) is 5.92 Å². The van der Waals surface area contributed by atoms with E-state index in [2.05, 4.69) is 30.8 Å². The molecule has 2 aromatic heterocycles. The molecule has 0 unspecified atom stereocenters. The van der Waals surface area contributed by atoms with Gasteiger partial charge in [0.25, 0.3) is 0 Å². The van der Waals surface area contributed by atoms with Gasteiger partial charge in [-0.1, -0.05) is 13.8 Å². The molecule has 3 heterocycles. The Hall–Kier alpha value is -1.89. The van der Waals surface area contributed by atoms with Gasteiger partial charge < -0.3 is 14.5 Å². The smallest absolute Gasteiger partial charge is 0.409 e. The topological polar surface area (TPSA) is 58.6 Å². The van der Waals surface area contributed by atoms with Crippen molar-refractivity contribution in [2.45, 2.75) is 13.8 Å². The summed E-state index contributed by atoms with van der Waals surface area (Å²) in [7, 11) is 0. The second kappa shape index (κ2) is 7.34. The molecule has 2 aromatic rings. The Morgan fingerprint density at radius 1 is 1.29 bits per heavy atom. The van der Waals surface area contributed by atoms with E-state index < -0.39 is 0 Å². The first-order chi connectivity index (χ1) is 11.5. The Labute approximate surface area is 149 Å². The number of anilines is 1. The molecule has 0 aromatic carbocycles. The van der Waals surface area contributed by atoms with E-state index in [1.54, 1.807) is 17.3 Å². The second-order valence-electron chi connectivity index (χ2n) is 6.30. The molecule has 3 rings (SSSR count). The Morgan fingerprint density at radius 3 is 2.75 bits per heavy atom. The molecule has 128 valence electrons. The Kier molecular flexibility index (Phi) is 5.18. The molecule has 0 bridgehead atoms. The van der Waals surface area contributed by atoms with Crippen molar-refractivity contribution in [3.05, 3.63) is 29.0 Å². The summed E-state index contributed by atoms with van der Waals surface area (Å²) >= 11 is 3.43. The van der Waals surface area contributed by atoms with Crippen molar-refractivity contribution in [3.63, 3.8) is 0 Å². The molecule has 24 heavy (non-hydrogen) atoms. The van der Waals surface area contributed by atoms with Crippen LogP contribution in [-0.2, 0) is 4.74 Å². The first kappa shape index (κ1) is 17.0. The molecule has 0 saturated carbocycles. The molecule has 1 amide bonds. The molecule has 7 heteroatoms. The number of aromatic nitrogens is 2. The Morgan fingerprint density at radius 2 is 2.04 bits per heavy atom. The number of rotatable bonds is 3. The zero-order valence-electron chi connectivity index (χ0n) is 13.9. The van der Waals surface area contributed by atoms with Crippen LogP contribution in [0.2, 0.25) is 0 Å². The molecule has 1 saturated heterocycles. The summed E-state index contributed by atoms with van der Waals surface area (Å²) in [5.74, 6) is 0.351. The maximum Gasteiger partial charge on any atom is 0.409 e. The molecular weight excluding hydrogens is 372 g/mol. The molecule has 0 atom stereocenters. The predicted octanol–water partition coefficient (Wildman–Crippen LogP) is 3.31. The Balaban J connectivity index is 1.68. The van der Waals surface area contributed by atoms with Crippen molar-refractivity contribution < 1.29 is 9.53 Å². The number of piperazine rings is 1. The minimum absolute atomic E-state index is 0.218. The molecule has 1 aliphatic rings. The summed E-state index contributed by atoms with van der Waals surface area (Å²) in [5.41, 5.74) is 2.81. The van der Waals surface area contributed by atoms with Crippen LogP contribution in [0.25, 0.3) is 11.0 Å². The van der Waals surface area contributed by atoms with E-state index in [-0.39, 0.29) is 6.09 Å². The van der Waals surface area contributed by atoms with Crippen LogP contribution in [-0.4, -0.2) is 53.7 Å². The van der Waals surface area contributed by atoms with Gasteiger partial charge in [-0.2, -0.15) is 0 Å². The fraction of sp³-hybridized carbons (Fsp3) is 0.471. The number of hydrogen-bond donors (Lipinski definition) is 0. The summed E-state index contributed by atoms with van der Waals surface area (Å²) in [6.07, 6.45) is 3.37. The summed E-state index contributed by atoms with van der Waals surface area (Å²) in [4.78, 5) is 25.0. The van der Waals surface area contributed by atoms with Gasteiger partial charge in [0.1, 0.15) is 5.52 Å². The van der Waals surface area contributed by atoms with Gasteiger partial charge in [0.2, 0.25) is 0 Å². The highest BCUT2D eigenvalue weighted by Gasteiger charge is 2.23. The van der Waals surface area contributed by atoms with Crippen LogP contribution in [0, 0.1) is 5.92 Å². The van der Waals surface area contributed by atoms with Crippen LogP contribution >= 0.6 is 15.9 Å². The monoisotopic (exact) mass is 392 g/mol. The third kappa shape index (κ3) is 3.77. The second-order valence-corrected chi connectivity index (χ2v) is 7.21. The molecule has 0 radical (unpaired) electrons. The average molecular weight is 393 g/mol. The lowest BCUT2D eigenvalue weighted by molar-refractivity contribution is 0.0902. The van der Waals surface area contributed by atoms with E-state index in [1.165, 1.54) is 0 Å². The number of halogens is 1. The fourth-order valence-electron chi connectivity index (χ4n) is 2.71. The zero-order chi connectivity index (χ0) is 17.1. The fourth-order valence-corrected chi connectivity index (χ4v) is 3.03. The average Bonchev–Trinajstić information content (AvgIpc) is 2.59. The first-order valence-electron chi connectivity index (χ1n) is 8.11. The third-order valence-corrected chi connectivity index (χ3v) is 4.38. The number of amides is 1. The minimum Gasteiger partial charge on any atom is -0.449 e. The summed E-state index contributed by atoms with van der Waals surface area (Å²) in [6, 6.07) is 3.95. The lowest BCUT2D eigenvalue weighted by Gasteiger charge is -2.35. The van der Waals surface area contributed by atoms with E-state index in [9.17, 15) is 4.79 Å². The standard InChI is InChI=1S/C17H21BrN4O2/c1-12(2)11-24-17(23)22-7-5-21(6-8-22)15-3-4-19-14-9-13(18)10-20-16(14)15/h3-4,9-10,12H,5-8,11H2,1-2H3. The van der Waals surface area contributed by atoms with Crippen LogP contribution in [0.3, 0.4) is 0 Å². The number of ether oxygens (including phenoxy) is 1. The largest absolute Gasteiger partial charge is 0.449 e. The maximum atomic E-state index is 12.1. The van der Waals surface area contributed by atoms with Crippen molar-refractivity contribution in [3.8, 4) is 0 Å². The number of carbonyl (C=O) groups is 1. The van der Waals surface area contributed by atoms with Crippen molar-refractivity contribution in [1.29, 1.82) is 0 Å². The van der Waals surface area contributed by atoms with E-state index in [0.717, 1.165) is 34.3 Å². The summed E-state index contributed by atoms with van der Waals surface area (Å²) in [5, 5.41) is 0. The maximum absolute atomic E-state index is 12.1. The summed E-state index contributed by atoms with van der Waals surface area (Å²) < 4.78 is 6.22.